The summed E-state index contributed by atoms with van der Waals surface area (Å²) in [5.74, 6) is -3.50. The van der Waals surface area contributed by atoms with Crippen LogP contribution in [0.25, 0.3) is 0 Å². The number of aliphatic hydroxyl groups is 5. The van der Waals surface area contributed by atoms with Crippen LogP contribution in [0.15, 0.2) is 0 Å². The van der Waals surface area contributed by atoms with Gasteiger partial charge in [0.25, 0.3) is 0 Å². The van der Waals surface area contributed by atoms with Gasteiger partial charge in [-0.15, -0.1) is 11.6 Å². The maximum absolute atomic E-state index is 9.84. The third-order valence-corrected chi connectivity index (χ3v) is 2.58. The van der Waals surface area contributed by atoms with Gasteiger partial charge in [0.2, 0.25) is 0 Å². The lowest BCUT2D eigenvalue weighted by Crippen LogP contribution is -2.65. The zero-order valence-electron chi connectivity index (χ0n) is 8.82. The first-order chi connectivity index (χ1) is 7.31. The maximum atomic E-state index is 9.84. The summed E-state index contributed by atoms with van der Waals surface area (Å²) in [6, 6.07) is 0. The Kier molecular flexibility index (Phi) is 3.78. The highest BCUT2D eigenvalue weighted by molar-refractivity contribution is 6.17. The Bertz CT molecular complexity index is 241. The maximum Gasteiger partial charge on any atom is 0.196 e. The fourth-order valence-corrected chi connectivity index (χ4v) is 1.72. The van der Waals surface area contributed by atoms with Crippen molar-refractivity contribution in [2.45, 2.75) is 36.6 Å². The molecule has 0 saturated carbocycles. The van der Waals surface area contributed by atoms with Crippen molar-refractivity contribution in [1.29, 1.82) is 0 Å². The van der Waals surface area contributed by atoms with Crippen molar-refractivity contribution in [3.63, 3.8) is 0 Å². The monoisotopic (exact) mass is 243 g/mol. The summed E-state index contributed by atoms with van der Waals surface area (Å²) >= 11 is 5.35. The van der Waals surface area contributed by atoms with E-state index in [0.29, 0.717) is 0 Å². The van der Waals surface area contributed by atoms with Crippen molar-refractivity contribution in [3.05, 3.63) is 0 Å². The lowest BCUT2D eigenvalue weighted by molar-refractivity contribution is -0.349. The second kappa shape index (κ2) is 4.92. The molecule has 1 aliphatic heterocycles. The van der Waals surface area contributed by atoms with Crippen LogP contribution in [0.5, 0.6) is 0 Å². The minimum absolute atomic E-state index is 0.462. The van der Waals surface area contributed by atoms with E-state index in [9.17, 15) is 20.4 Å². The molecule has 0 bridgehead atoms. The van der Waals surface area contributed by atoms with Crippen molar-refractivity contribution < 1.29 is 31.6 Å². The van der Waals surface area contributed by atoms with E-state index < -0.39 is 49.1 Å². The van der Waals surface area contributed by atoms with Crippen LogP contribution in [0.4, 0.5) is 0 Å². The van der Waals surface area contributed by atoms with Crippen LogP contribution in [-0.2, 0) is 4.74 Å². The smallest absolute Gasteiger partial charge is 0.196 e. The predicted molar refractivity (Wildman–Crippen MR) is 50.3 cm³/mol. The third-order valence-electron chi connectivity index (χ3n) is 2.42. The Morgan fingerprint density at radius 3 is 2.40 bits per heavy atom. The number of hydrogen-bond acceptors (Lipinski definition) is 6. The molecule has 0 amide bonds. The third kappa shape index (κ3) is 2.42. The van der Waals surface area contributed by atoms with Gasteiger partial charge in [0.15, 0.2) is 5.79 Å². The van der Waals surface area contributed by atoms with Gasteiger partial charge < -0.3 is 30.3 Å². The molecular formula is C8H15ClO6. The standard InChI is InChI=1S/C8H15ClO6/c9-2-1-8(14)7(13)6(12)5(11)4(3-10)15-8/h4-7,10-14H,1-3H2/t4-,5-,6+,7-,8?/m1/s1/i2D/t2?,4-,5-,6+,7-,8?. The van der Waals surface area contributed by atoms with E-state index in [1.165, 1.54) is 0 Å². The molecule has 1 aliphatic rings. The molecule has 1 rings (SSSR count). The lowest BCUT2D eigenvalue weighted by atomic mass is 9.91. The minimum atomic E-state index is -2.25. The van der Waals surface area contributed by atoms with E-state index in [1.807, 2.05) is 0 Å². The molecule has 1 fully saturated rings. The molecule has 0 aromatic rings. The molecule has 0 radical (unpaired) electrons. The molecule has 5 N–H and O–H groups in total. The second-order valence-corrected chi connectivity index (χ2v) is 3.78. The van der Waals surface area contributed by atoms with Crippen LogP contribution in [0, 0.1) is 0 Å². The number of rotatable bonds is 3. The Balaban J connectivity index is 2.85. The summed E-state index contributed by atoms with van der Waals surface area (Å²) in [7, 11) is 0. The molecule has 0 spiro atoms. The molecule has 6 atom stereocenters. The topological polar surface area (TPSA) is 110 Å². The number of ether oxygens (including phenoxy) is 1. The van der Waals surface area contributed by atoms with Crippen molar-refractivity contribution in [2.24, 2.45) is 0 Å². The number of hydrogen-bond donors (Lipinski definition) is 5. The van der Waals surface area contributed by atoms with Crippen molar-refractivity contribution in [1.82, 2.24) is 0 Å². The molecule has 0 aromatic carbocycles. The Labute approximate surface area is 93.1 Å². The van der Waals surface area contributed by atoms with E-state index in [2.05, 4.69) is 0 Å². The fourth-order valence-electron chi connectivity index (χ4n) is 1.50. The van der Waals surface area contributed by atoms with Crippen LogP contribution >= 0.6 is 11.6 Å². The number of halogens is 1. The Morgan fingerprint density at radius 1 is 1.33 bits per heavy atom. The summed E-state index contributed by atoms with van der Waals surface area (Å²) in [5.41, 5.74) is 0. The molecule has 90 valence electrons. The van der Waals surface area contributed by atoms with Crippen molar-refractivity contribution in [3.8, 4) is 0 Å². The van der Waals surface area contributed by atoms with Gasteiger partial charge in [0.1, 0.15) is 24.4 Å². The van der Waals surface area contributed by atoms with Crippen LogP contribution in [0.3, 0.4) is 0 Å². The summed E-state index contributed by atoms with van der Waals surface area (Å²) < 4.78 is 11.9. The SMILES string of the molecule is [2H]C(Cl)CC1(O)O[C@H](CO)[C@@H](O)[C@H](O)[C@H]1O. The molecule has 0 aliphatic carbocycles. The first-order valence-corrected chi connectivity index (χ1v) is 4.87. The van der Waals surface area contributed by atoms with E-state index in [-0.39, 0.29) is 0 Å². The van der Waals surface area contributed by atoms with Crippen LogP contribution < -0.4 is 0 Å². The molecule has 2 unspecified atom stereocenters. The molecule has 0 aromatic heterocycles. The predicted octanol–water partition coefficient (Wildman–Crippen LogP) is -2.22. The zero-order chi connectivity index (χ0) is 12.5. The van der Waals surface area contributed by atoms with Gasteiger partial charge in [-0.25, -0.2) is 0 Å². The van der Waals surface area contributed by atoms with Gasteiger partial charge in [-0.1, -0.05) is 0 Å². The largest absolute Gasteiger partial charge is 0.394 e. The summed E-state index contributed by atoms with van der Waals surface area (Å²) in [6.07, 6.45) is -6.68. The fraction of sp³-hybridized carbons (Fsp3) is 1.00. The summed E-state index contributed by atoms with van der Waals surface area (Å²) in [5, 5.41) is 47.1. The zero-order valence-corrected chi connectivity index (χ0v) is 8.58. The minimum Gasteiger partial charge on any atom is -0.394 e. The average Bonchev–Trinajstić information content (AvgIpc) is 2.20. The van der Waals surface area contributed by atoms with Crippen LogP contribution in [-0.4, -0.2) is 68.2 Å². The van der Waals surface area contributed by atoms with Gasteiger partial charge in [-0.2, -0.15) is 0 Å². The Hall–Kier alpha value is 0.0500. The molecule has 6 nitrogen and oxygen atoms in total. The highest BCUT2D eigenvalue weighted by Crippen LogP contribution is 2.30. The van der Waals surface area contributed by atoms with Crippen molar-refractivity contribution >= 4 is 11.6 Å². The summed E-state index contributed by atoms with van der Waals surface area (Å²) in [6.45, 7) is -0.641. The molecule has 1 saturated heterocycles. The molecule has 1 heterocycles. The number of alkyl halides is 1. The van der Waals surface area contributed by atoms with E-state index in [1.54, 1.807) is 0 Å². The van der Waals surface area contributed by atoms with Crippen LogP contribution in [0.1, 0.15) is 7.79 Å². The molecular weight excluding hydrogens is 228 g/mol. The highest BCUT2D eigenvalue weighted by Gasteiger charge is 2.51. The van der Waals surface area contributed by atoms with Gasteiger partial charge in [0.05, 0.1) is 6.61 Å². The van der Waals surface area contributed by atoms with Gasteiger partial charge >= 0.3 is 0 Å². The average molecular weight is 244 g/mol. The Morgan fingerprint density at radius 2 is 1.93 bits per heavy atom. The number of aliphatic hydroxyl groups excluding tert-OH is 4. The van der Waals surface area contributed by atoms with Crippen molar-refractivity contribution in [2.75, 3.05) is 12.5 Å². The van der Waals surface area contributed by atoms with Gasteiger partial charge in [-0.3, -0.25) is 0 Å². The first-order valence-electron chi connectivity index (χ1n) is 5.01. The van der Waals surface area contributed by atoms with Gasteiger partial charge in [0, 0.05) is 13.6 Å². The van der Waals surface area contributed by atoms with E-state index in [0.717, 1.165) is 0 Å². The quantitative estimate of drug-likeness (QED) is 0.359. The van der Waals surface area contributed by atoms with E-state index >= 15 is 0 Å². The van der Waals surface area contributed by atoms with Gasteiger partial charge in [-0.05, 0) is 0 Å². The van der Waals surface area contributed by atoms with Crippen LogP contribution in [0.2, 0.25) is 0 Å². The second-order valence-electron chi connectivity index (χ2n) is 3.47. The first kappa shape index (κ1) is 11.5. The highest BCUT2D eigenvalue weighted by atomic mass is 35.5. The normalized spacial score (nSPS) is 49.9. The van der Waals surface area contributed by atoms with E-state index in [4.69, 9.17) is 22.8 Å². The molecule has 7 heteroatoms. The summed E-state index contributed by atoms with van der Waals surface area (Å²) in [4.78, 5) is 0. The lowest BCUT2D eigenvalue weighted by Gasteiger charge is -2.45. The molecule has 15 heavy (non-hydrogen) atoms.